The van der Waals surface area contributed by atoms with Gasteiger partial charge in [0.25, 0.3) is 10.0 Å². The molecule has 2 aromatic rings. The highest BCUT2D eigenvalue weighted by atomic mass is 79.9. The molecule has 21 heavy (non-hydrogen) atoms. The standard InChI is InChI=1S/C13H16BrN3O2S2/c1-16-11(5-7-15-16)12-4-2-3-8-17(12)21(18,19)13-10(14)6-9-20-13/h5-7,9,12H,2-4,8H2,1H3. The van der Waals surface area contributed by atoms with E-state index in [0.29, 0.717) is 15.2 Å². The fourth-order valence-electron chi connectivity index (χ4n) is 2.77. The molecule has 0 saturated carbocycles. The van der Waals surface area contributed by atoms with Crippen LogP contribution in [0.4, 0.5) is 0 Å². The van der Waals surface area contributed by atoms with E-state index in [0.717, 1.165) is 25.0 Å². The highest BCUT2D eigenvalue weighted by molar-refractivity contribution is 9.10. The van der Waals surface area contributed by atoms with Gasteiger partial charge in [-0.15, -0.1) is 11.3 Å². The van der Waals surface area contributed by atoms with E-state index in [9.17, 15) is 8.42 Å². The molecule has 0 radical (unpaired) electrons. The molecule has 2 aromatic heterocycles. The topological polar surface area (TPSA) is 55.2 Å². The number of hydrogen-bond donors (Lipinski definition) is 0. The van der Waals surface area contributed by atoms with Gasteiger partial charge in [0, 0.05) is 24.3 Å². The maximum Gasteiger partial charge on any atom is 0.254 e. The van der Waals surface area contributed by atoms with Crippen molar-refractivity contribution in [2.45, 2.75) is 29.5 Å². The van der Waals surface area contributed by atoms with Crippen molar-refractivity contribution < 1.29 is 8.42 Å². The van der Waals surface area contributed by atoms with Crippen LogP contribution in [0.2, 0.25) is 0 Å². The van der Waals surface area contributed by atoms with Crippen molar-refractivity contribution in [1.82, 2.24) is 14.1 Å². The average molecular weight is 390 g/mol. The molecule has 0 spiro atoms. The molecular weight excluding hydrogens is 374 g/mol. The van der Waals surface area contributed by atoms with E-state index < -0.39 is 10.0 Å². The quantitative estimate of drug-likeness (QED) is 0.809. The Labute approximate surface area is 136 Å². The third-order valence-electron chi connectivity index (χ3n) is 3.78. The molecule has 3 heterocycles. The van der Waals surface area contributed by atoms with Crippen LogP contribution >= 0.6 is 27.3 Å². The van der Waals surface area contributed by atoms with E-state index in [1.54, 1.807) is 26.6 Å². The van der Waals surface area contributed by atoms with E-state index in [4.69, 9.17) is 0 Å². The largest absolute Gasteiger partial charge is 0.271 e. The first-order chi connectivity index (χ1) is 10.0. The van der Waals surface area contributed by atoms with E-state index in [1.807, 2.05) is 13.1 Å². The second-order valence-corrected chi connectivity index (χ2v) is 8.92. The van der Waals surface area contributed by atoms with E-state index in [1.165, 1.54) is 11.3 Å². The Balaban J connectivity index is 2.03. The van der Waals surface area contributed by atoms with Crippen molar-refractivity contribution >= 4 is 37.3 Å². The molecule has 1 fully saturated rings. The second kappa shape index (κ2) is 5.83. The van der Waals surface area contributed by atoms with E-state index in [-0.39, 0.29) is 6.04 Å². The van der Waals surface area contributed by atoms with Crippen LogP contribution in [0.15, 0.2) is 32.4 Å². The first-order valence-corrected chi connectivity index (χ1v) is 9.86. The summed E-state index contributed by atoms with van der Waals surface area (Å²) in [6, 6.07) is 3.55. The molecule has 3 rings (SSSR count). The van der Waals surface area contributed by atoms with Crippen LogP contribution < -0.4 is 0 Å². The molecule has 0 aromatic carbocycles. The molecule has 5 nitrogen and oxygen atoms in total. The van der Waals surface area contributed by atoms with Gasteiger partial charge >= 0.3 is 0 Å². The minimum Gasteiger partial charge on any atom is -0.271 e. The highest BCUT2D eigenvalue weighted by Gasteiger charge is 2.37. The van der Waals surface area contributed by atoms with Gasteiger partial charge in [-0.2, -0.15) is 9.40 Å². The minimum atomic E-state index is -3.48. The maximum absolute atomic E-state index is 13.0. The summed E-state index contributed by atoms with van der Waals surface area (Å²) in [7, 11) is -1.62. The summed E-state index contributed by atoms with van der Waals surface area (Å²) in [4.78, 5) is 0. The molecule has 1 saturated heterocycles. The molecule has 0 N–H and O–H groups in total. The first kappa shape index (κ1) is 15.2. The molecule has 8 heteroatoms. The average Bonchev–Trinajstić information content (AvgIpc) is 3.07. The van der Waals surface area contributed by atoms with Crippen molar-refractivity contribution in [1.29, 1.82) is 0 Å². The van der Waals surface area contributed by atoms with Crippen molar-refractivity contribution in [3.63, 3.8) is 0 Å². The zero-order valence-electron chi connectivity index (χ0n) is 11.6. The zero-order chi connectivity index (χ0) is 15.0. The number of aromatic nitrogens is 2. The van der Waals surface area contributed by atoms with Crippen molar-refractivity contribution in [2.24, 2.45) is 7.05 Å². The summed E-state index contributed by atoms with van der Waals surface area (Å²) in [5.41, 5.74) is 0.950. The van der Waals surface area contributed by atoms with Crippen LogP contribution in [-0.4, -0.2) is 29.0 Å². The summed E-state index contributed by atoms with van der Waals surface area (Å²) in [5.74, 6) is 0. The maximum atomic E-state index is 13.0. The van der Waals surface area contributed by atoms with Gasteiger partial charge in [0.05, 0.1) is 11.7 Å². The third-order valence-corrected chi connectivity index (χ3v) is 8.34. The normalized spacial score (nSPS) is 20.8. The molecule has 1 atom stereocenters. The number of nitrogens with zero attached hydrogens (tertiary/aromatic N) is 3. The Morgan fingerprint density at radius 3 is 2.81 bits per heavy atom. The van der Waals surface area contributed by atoms with Gasteiger partial charge in [-0.25, -0.2) is 8.42 Å². The molecule has 1 aliphatic rings. The van der Waals surface area contributed by atoms with E-state index >= 15 is 0 Å². The Hall–Kier alpha value is -0.700. The van der Waals surface area contributed by atoms with Crippen LogP contribution in [0, 0.1) is 0 Å². The predicted octanol–water partition coefficient (Wildman–Crippen LogP) is 3.16. The molecule has 0 bridgehead atoms. The van der Waals surface area contributed by atoms with Gasteiger partial charge in [0.2, 0.25) is 0 Å². The molecule has 0 amide bonds. The number of hydrogen-bond acceptors (Lipinski definition) is 4. The van der Waals surface area contributed by atoms with Gasteiger partial charge < -0.3 is 0 Å². The number of thiophene rings is 1. The number of piperidine rings is 1. The smallest absolute Gasteiger partial charge is 0.254 e. The monoisotopic (exact) mass is 389 g/mol. The van der Waals surface area contributed by atoms with E-state index in [2.05, 4.69) is 21.0 Å². The van der Waals surface area contributed by atoms with Crippen molar-refractivity contribution in [3.05, 3.63) is 33.9 Å². The van der Waals surface area contributed by atoms with Gasteiger partial charge in [-0.05, 0) is 46.3 Å². The predicted molar refractivity (Wildman–Crippen MR) is 85.7 cm³/mol. The summed E-state index contributed by atoms with van der Waals surface area (Å²) in [5, 5.41) is 5.97. The molecule has 0 aliphatic carbocycles. The third kappa shape index (κ3) is 2.69. The SMILES string of the molecule is Cn1nccc1C1CCCCN1S(=O)(=O)c1sccc1Br. The summed E-state index contributed by atoms with van der Waals surface area (Å²) in [6.45, 7) is 0.558. The Kier molecular flexibility index (Phi) is 4.22. The van der Waals surface area contributed by atoms with Gasteiger partial charge in [-0.1, -0.05) is 6.42 Å². The van der Waals surface area contributed by atoms with Crippen molar-refractivity contribution in [3.8, 4) is 0 Å². The summed E-state index contributed by atoms with van der Waals surface area (Å²) < 4.78 is 30.3. The fraction of sp³-hybridized carbons (Fsp3) is 0.462. The van der Waals surface area contributed by atoms with Gasteiger partial charge in [-0.3, -0.25) is 4.68 Å². The molecule has 1 unspecified atom stereocenters. The molecular formula is C13H16BrN3O2S2. The molecule has 1 aliphatic heterocycles. The fourth-order valence-corrected chi connectivity index (χ4v) is 6.86. The van der Waals surface area contributed by atoms with Gasteiger partial charge in [0.1, 0.15) is 4.21 Å². The lowest BCUT2D eigenvalue weighted by molar-refractivity contribution is 0.246. The van der Waals surface area contributed by atoms with Crippen LogP contribution in [0.5, 0.6) is 0 Å². The second-order valence-electron chi connectivity index (χ2n) is 5.06. The number of sulfonamides is 1. The van der Waals surface area contributed by atoms with Crippen LogP contribution in [0.3, 0.4) is 0 Å². The van der Waals surface area contributed by atoms with Crippen LogP contribution in [0.25, 0.3) is 0 Å². The minimum absolute atomic E-state index is 0.134. The number of rotatable bonds is 3. The Bertz CT molecular complexity index is 738. The van der Waals surface area contributed by atoms with Gasteiger partial charge in [0.15, 0.2) is 0 Å². The van der Waals surface area contributed by atoms with Crippen molar-refractivity contribution in [2.75, 3.05) is 6.54 Å². The molecule has 114 valence electrons. The highest BCUT2D eigenvalue weighted by Crippen LogP contribution is 2.38. The lowest BCUT2D eigenvalue weighted by Gasteiger charge is -2.34. The van der Waals surface area contributed by atoms with Crippen LogP contribution in [-0.2, 0) is 17.1 Å². The van der Waals surface area contributed by atoms with Crippen LogP contribution in [0.1, 0.15) is 31.0 Å². The number of halogens is 1. The first-order valence-electron chi connectivity index (χ1n) is 6.74. The Morgan fingerprint density at radius 2 is 2.19 bits per heavy atom. The lowest BCUT2D eigenvalue weighted by atomic mass is 10.0. The summed E-state index contributed by atoms with van der Waals surface area (Å²) in [6.07, 6.45) is 4.49. The lowest BCUT2D eigenvalue weighted by Crippen LogP contribution is -2.39. The zero-order valence-corrected chi connectivity index (χ0v) is 14.8. The Morgan fingerprint density at radius 1 is 1.38 bits per heavy atom. The number of aryl methyl sites for hydroxylation is 1. The summed E-state index contributed by atoms with van der Waals surface area (Å²) >= 11 is 4.59.